The van der Waals surface area contributed by atoms with Crippen molar-refractivity contribution in [1.82, 2.24) is 18.8 Å². The van der Waals surface area contributed by atoms with Crippen molar-refractivity contribution in [3.63, 3.8) is 0 Å². The van der Waals surface area contributed by atoms with E-state index in [0.29, 0.717) is 13.1 Å². The van der Waals surface area contributed by atoms with Gasteiger partial charge < -0.3 is 0 Å². The Morgan fingerprint density at radius 3 is 2.53 bits per heavy atom. The van der Waals surface area contributed by atoms with Crippen LogP contribution in [-0.4, -0.2) is 42.6 Å². The first kappa shape index (κ1) is 21.5. The van der Waals surface area contributed by atoms with Crippen molar-refractivity contribution >= 4 is 21.1 Å². The number of nitrogens with one attached hydrogen (secondary N) is 1. The van der Waals surface area contributed by atoms with Gasteiger partial charge in [0.05, 0.1) is 17.4 Å². The highest BCUT2D eigenvalue weighted by Crippen LogP contribution is 2.70. The molecule has 0 radical (unpaired) electrons. The average Bonchev–Trinajstić information content (AvgIpc) is 3.11. The summed E-state index contributed by atoms with van der Waals surface area (Å²) in [6.07, 6.45) is 1.82. The van der Waals surface area contributed by atoms with Crippen LogP contribution in [0.3, 0.4) is 0 Å². The molecule has 3 aromatic carbocycles. The van der Waals surface area contributed by atoms with Gasteiger partial charge in [-0.05, 0) is 65.9 Å². The van der Waals surface area contributed by atoms with Crippen LogP contribution in [0.2, 0.25) is 0 Å². The highest BCUT2D eigenvalue weighted by Gasteiger charge is 2.71. The number of nitrogens with zero attached hydrogens (tertiary/aromatic N) is 3. The van der Waals surface area contributed by atoms with E-state index in [4.69, 9.17) is 0 Å². The van der Waals surface area contributed by atoms with E-state index in [-0.39, 0.29) is 23.1 Å². The SMILES string of the molecule is CNS(=O)(=O)N1CC2C(c3ccccc3)C2(c2cc3cnn(-c4ccc(F)cc4)c3cc2C)C1. The molecule has 34 heavy (non-hydrogen) atoms. The summed E-state index contributed by atoms with van der Waals surface area (Å²) in [4.78, 5) is 0. The summed E-state index contributed by atoms with van der Waals surface area (Å²) in [7, 11) is -2.05. The first-order valence-corrected chi connectivity index (χ1v) is 12.8. The average molecular weight is 477 g/mol. The number of fused-ring (bicyclic) bond motifs is 2. The van der Waals surface area contributed by atoms with Gasteiger partial charge in [0.2, 0.25) is 0 Å². The normalized spacial score (nSPS) is 24.4. The van der Waals surface area contributed by atoms with E-state index in [1.54, 1.807) is 16.4 Å². The molecule has 0 spiro atoms. The minimum absolute atomic E-state index is 0.210. The van der Waals surface area contributed by atoms with E-state index >= 15 is 0 Å². The summed E-state index contributed by atoms with van der Waals surface area (Å²) >= 11 is 0. The Kier molecular flexibility index (Phi) is 4.71. The van der Waals surface area contributed by atoms with Crippen LogP contribution in [-0.2, 0) is 15.6 Å². The summed E-state index contributed by atoms with van der Waals surface area (Å²) in [5.41, 5.74) is 4.97. The number of piperidine rings is 1. The topological polar surface area (TPSA) is 67.2 Å². The van der Waals surface area contributed by atoms with Crippen LogP contribution in [0.1, 0.15) is 22.6 Å². The molecule has 2 fully saturated rings. The predicted octanol–water partition coefficient (Wildman–Crippen LogP) is 3.90. The molecule has 6 nitrogen and oxygen atoms in total. The quantitative estimate of drug-likeness (QED) is 0.475. The fourth-order valence-electron chi connectivity index (χ4n) is 6.00. The minimum atomic E-state index is -3.51. The zero-order valence-corrected chi connectivity index (χ0v) is 19.8. The van der Waals surface area contributed by atoms with Crippen LogP contribution in [0.5, 0.6) is 0 Å². The molecule has 3 atom stereocenters. The van der Waals surface area contributed by atoms with E-state index in [0.717, 1.165) is 22.2 Å². The number of aryl methyl sites for hydroxylation is 1. The van der Waals surface area contributed by atoms with Crippen molar-refractivity contribution in [2.45, 2.75) is 18.3 Å². The molecular weight excluding hydrogens is 451 g/mol. The summed E-state index contributed by atoms with van der Waals surface area (Å²) < 4.78 is 44.6. The third kappa shape index (κ3) is 3.06. The van der Waals surface area contributed by atoms with Crippen molar-refractivity contribution in [1.29, 1.82) is 0 Å². The highest BCUT2D eigenvalue weighted by atomic mass is 32.2. The van der Waals surface area contributed by atoms with Gasteiger partial charge in [-0.3, -0.25) is 0 Å². The molecule has 1 N–H and O–H groups in total. The molecule has 4 aromatic rings. The van der Waals surface area contributed by atoms with Gasteiger partial charge in [-0.15, -0.1) is 0 Å². The van der Waals surface area contributed by atoms with Crippen LogP contribution >= 0.6 is 0 Å². The van der Waals surface area contributed by atoms with Gasteiger partial charge in [-0.2, -0.15) is 17.8 Å². The summed E-state index contributed by atoms with van der Waals surface area (Å²) in [5, 5.41) is 5.54. The fraction of sp³-hybridized carbons (Fsp3) is 0.269. The largest absolute Gasteiger partial charge is 0.279 e. The van der Waals surface area contributed by atoms with Gasteiger partial charge in [0.15, 0.2) is 0 Å². The molecule has 1 aromatic heterocycles. The van der Waals surface area contributed by atoms with E-state index in [1.165, 1.54) is 30.3 Å². The number of benzene rings is 3. The number of halogens is 1. The molecule has 2 aliphatic rings. The number of rotatable bonds is 5. The number of hydrogen-bond acceptors (Lipinski definition) is 3. The van der Waals surface area contributed by atoms with Gasteiger partial charge in [0.25, 0.3) is 10.2 Å². The van der Waals surface area contributed by atoms with Gasteiger partial charge in [0.1, 0.15) is 5.82 Å². The fourth-order valence-corrected chi connectivity index (χ4v) is 7.00. The molecule has 8 heteroatoms. The molecule has 6 rings (SSSR count). The second kappa shape index (κ2) is 7.46. The van der Waals surface area contributed by atoms with E-state index in [2.05, 4.69) is 41.0 Å². The molecule has 1 aliphatic carbocycles. The lowest BCUT2D eigenvalue weighted by Crippen LogP contribution is -2.40. The van der Waals surface area contributed by atoms with Crippen molar-refractivity contribution < 1.29 is 12.8 Å². The Morgan fingerprint density at radius 1 is 1.09 bits per heavy atom. The first-order valence-electron chi connectivity index (χ1n) is 11.3. The molecule has 0 amide bonds. The first-order chi connectivity index (χ1) is 16.3. The lowest BCUT2D eigenvalue weighted by molar-refractivity contribution is 0.416. The second-order valence-electron chi connectivity index (χ2n) is 9.30. The van der Waals surface area contributed by atoms with E-state index in [1.807, 2.05) is 29.1 Å². The Bertz CT molecular complexity index is 1500. The van der Waals surface area contributed by atoms with E-state index in [9.17, 15) is 12.8 Å². The van der Waals surface area contributed by atoms with Crippen LogP contribution in [0, 0.1) is 18.7 Å². The Labute approximate surface area is 198 Å². The molecule has 1 saturated carbocycles. The summed E-state index contributed by atoms with van der Waals surface area (Å²) in [6, 6.07) is 20.9. The van der Waals surface area contributed by atoms with Gasteiger partial charge in [-0.25, -0.2) is 13.8 Å². The molecule has 174 valence electrons. The Balaban J connectivity index is 1.47. The lowest BCUT2D eigenvalue weighted by Gasteiger charge is -2.25. The maximum Gasteiger partial charge on any atom is 0.279 e. The Hall–Kier alpha value is -3.07. The highest BCUT2D eigenvalue weighted by molar-refractivity contribution is 7.87. The van der Waals surface area contributed by atoms with Crippen molar-refractivity contribution in [3.8, 4) is 5.69 Å². The molecular formula is C26H25FN4O2S. The van der Waals surface area contributed by atoms with Crippen LogP contribution < -0.4 is 4.72 Å². The van der Waals surface area contributed by atoms with Gasteiger partial charge in [0, 0.05) is 36.9 Å². The van der Waals surface area contributed by atoms with E-state index < -0.39 is 10.2 Å². The van der Waals surface area contributed by atoms with Crippen molar-refractivity contribution in [2.75, 3.05) is 20.1 Å². The lowest BCUT2D eigenvalue weighted by atomic mass is 9.87. The predicted molar refractivity (Wildman–Crippen MR) is 130 cm³/mol. The zero-order valence-electron chi connectivity index (χ0n) is 18.9. The number of hydrogen-bond donors (Lipinski definition) is 1. The minimum Gasteiger partial charge on any atom is -0.233 e. The molecule has 1 aliphatic heterocycles. The van der Waals surface area contributed by atoms with Crippen LogP contribution in [0.25, 0.3) is 16.6 Å². The number of aromatic nitrogens is 2. The zero-order chi connectivity index (χ0) is 23.7. The van der Waals surface area contributed by atoms with Crippen LogP contribution in [0.15, 0.2) is 72.9 Å². The summed E-state index contributed by atoms with van der Waals surface area (Å²) in [6.45, 7) is 3.02. The van der Waals surface area contributed by atoms with Gasteiger partial charge in [-0.1, -0.05) is 30.3 Å². The third-order valence-electron chi connectivity index (χ3n) is 7.59. The maximum absolute atomic E-state index is 13.4. The van der Waals surface area contributed by atoms with Gasteiger partial charge >= 0.3 is 0 Å². The van der Waals surface area contributed by atoms with Crippen molar-refractivity contribution in [3.05, 3.63) is 95.4 Å². The molecule has 2 heterocycles. The molecule has 3 unspecified atom stereocenters. The Morgan fingerprint density at radius 2 is 1.82 bits per heavy atom. The molecule has 1 saturated heterocycles. The maximum atomic E-state index is 13.4. The standard InChI is InChI=1S/C26H25FN4O2S/c1-17-12-24-19(14-29-31(24)21-10-8-20(27)9-11-21)13-22(17)26-16-30(34(32,33)28-2)15-23(26)25(26)18-6-4-3-5-7-18/h3-14,23,25,28H,15-16H2,1-2H3. The summed E-state index contributed by atoms with van der Waals surface area (Å²) in [5.74, 6) is 0.188. The second-order valence-corrected chi connectivity index (χ2v) is 11.2. The monoisotopic (exact) mass is 476 g/mol. The smallest absolute Gasteiger partial charge is 0.233 e. The molecule has 0 bridgehead atoms. The van der Waals surface area contributed by atoms with Crippen molar-refractivity contribution in [2.24, 2.45) is 5.92 Å². The third-order valence-corrected chi connectivity index (χ3v) is 9.07. The van der Waals surface area contributed by atoms with Crippen LogP contribution in [0.4, 0.5) is 4.39 Å².